The van der Waals surface area contributed by atoms with Gasteiger partial charge in [-0.2, -0.15) is 0 Å². The summed E-state index contributed by atoms with van der Waals surface area (Å²) < 4.78 is 0. The van der Waals surface area contributed by atoms with E-state index in [-0.39, 0.29) is 0 Å². The number of thiophene rings is 1. The number of aryl methyl sites for hydroxylation is 1. The third-order valence-electron chi connectivity index (χ3n) is 4.30. The van der Waals surface area contributed by atoms with Gasteiger partial charge in [0.05, 0.1) is 4.88 Å². The van der Waals surface area contributed by atoms with Gasteiger partial charge in [-0.05, 0) is 50.3 Å². The number of carbonyl (C=O) groups is 1. The van der Waals surface area contributed by atoms with Gasteiger partial charge in [0, 0.05) is 17.3 Å². The molecule has 2 nitrogen and oxygen atoms in total. The van der Waals surface area contributed by atoms with Crippen molar-refractivity contribution >= 4 is 17.1 Å². The first-order chi connectivity index (χ1) is 8.24. The fourth-order valence-electron chi connectivity index (χ4n) is 3.41. The third kappa shape index (κ3) is 2.18. The molecule has 2 aliphatic rings. The smallest absolute Gasteiger partial charge is 0.174 e. The minimum absolute atomic E-state index is 0.327. The van der Waals surface area contributed by atoms with Crippen LogP contribution in [0.2, 0.25) is 0 Å². The molecule has 0 amide bonds. The molecule has 1 saturated carbocycles. The second-order valence-electron chi connectivity index (χ2n) is 5.41. The summed E-state index contributed by atoms with van der Waals surface area (Å²) in [6.07, 6.45) is 4.74. The van der Waals surface area contributed by atoms with E-state index in [2.05, 4.69) is 12.2 Å². The molecule has 92 valence electrons. The molecule has 1 aliphatic heterocycles. The first-order valence-corrected chi connectivity index (χ1v) is 7.38. The van der Waals surface area contributed by atoms with Gasteiger partial charge in [0.2, 0.25) is 0 Å². The lowest BCUT2D eigenvalue weighted by Crippen LogP contribution is -2.29. The zero-order valence-electron chi connectivity index (χ0n) is 10.2. The van der Waals surface area contributed by atoms with Crippen LogP contribution in [0.5, 0.6) is 0 Å². The maximum Gasteiger partial charge on any atom is 0.174 e. The van der Waals surface area contributed by atoms with Crippen molar-refractivity contribution in [3.8, 4) is 0 Å². The van der Waals surface area contributed by atoms with Crippen LogP contribution < -0.4 is 5.32 Å². The van der Waals surface area contributed by atoms with Crippen molar-refractivity contribution in [2.45, 2.75) is 38.6 Å². The summed E-state index contributed by atoms with van der Waals surface area (Å²) in [5.74, 6) is 1.94. The van der Waals surface area contributed by atoms with Crippen molar-refractivity contribution in [1.82, 2.24) is 5.32 Å². The number of rotatable bonds is 3. The van der Waals surface area contributed by atoms with E-state index in [1.807, 2.05) is 12.1 Å². The van der Waals surface area contributed by atoms with E-state index < -0.39 is 0 Å². The minimum Gasteiger partial charge on any atom is -0.313 e. The van der Waals surface area contributed by atoms with Crippen molar-refractivity contribution in [3.05, 3.63) is 21.9 Å². The molecule has 3 atom stereocenters. The van der Waals surface area contributed by atoms with Crippen molar-refractivity contribution in [3.63, 3.8) is 0 Å². The summed E-state index contributed by atoms with van der Waals surface area (Å²) in [5, 5.41) is 3.55. The number of Topliss-reactive ketones (excluding diaryl/α,β-unsaturated/α-hetero) is 1. The number of hydrogen-bond acceptors (Lipinski definition) is 3. The average molecular weight is 249 g/mol. The molecular weight excluding hydrogens is 230 g/mol. The van der Waals surface area contributed by atoms with Crippen LogP contribution in [0.25, 0.3) is 0 Å². The summed E-state index contributed by atoms with van der Waals surface area (Å²) in [6, 6.07) is 4.46. The van der Waals surface area contributed by atoms with Gasteiger partial charge in [0.15, 0.2) is 5.78 Å². The zero-order valence-corrected chi connectivity index (χ0v) is 11.1. The van der Waals surface area contributed by atoms with Crippen LogP contribution in [0.15, 0.2) is 12.1 Å². The number of ketones is 1. The molecule has 1 aromatic rings. The van der Waals surface area contributed by atoms with Crippen LogP contribution in [-0.4, -0.2) is 18.4 Å². The fourth-order valence-corrected chi connectivity index (χ4v) is 4.23. The summed E-state index contributed by atoms with van der Waals surface area (Å²) in [5.41, 5.74) is 0. The molecule has 17 heavy (non-hydrogen) atoms. The number of fused-ring (bicyclic) bond motifs is 1. The predicted octanol–water partition coefficient (Wildman–Crippen LogP) is 3.02. The van der Waals surface area contributed by atoms with Crippen LogP contribution in [0.4, 0.5) is 0 Å². The number of hydrogen-bond donors (Lipinski definition) is 1. The molecule has 0 aromatic carbocycles. The zero-order chi connectivity index (χ0) is 11.8. The largest absolute Gasteiger partial charge is 0.313 e. The molecule has 1 aromatic heterocycles. The van der Waals surface area contributed by atoms with E-state index >= 15 is 0 Å². The van der Waals surface area contributed by atoms with E-state index in [1.165, 1.54) is 24.1 Å². The molecule has 3 heteroatoms. The fraction of sp³-hybridized carbons (Fsp3) is 0.643. The van der Waals surface area contributed by atoms with Crippen molar-refractivity contribution in [2.75, 3.05) is 6.54 Å². The molecule has 0 bridgehead atoms. The van der Waals surface area contributed by atoms with Crippen molar-refractivity contribution in [1.29, 1.82) is 0 Å². The maximum atomic E-state index is 12.2. The Morgan fingerprint density at radius 2 is 2.35 bits per heavy atom. The second-order valence-corrected chi connectivity index (χ2v) is 6.70. The molecular formula is C14H19NOS. The Hall–Kier alpha value is -0.670. The minimum atomic E-state index is 0.327. The van der Waals surface area contributed by atoms with Gasteiger partial charge >= 0.3 is 0 Å². The quantitative estimate of drug-likeness (QED) is 0.834. The Morgan fingerprint density at radius 3 is 3.12 bits per heavy atom. The Morgan fingerprint density at radius 1 is 1.47 bits per heavy atom. The summed E-state index contributed by atoms with van der Waals surface area (Å²) in [7, 11) is 0. The summed E-state index contributed by atoms with van der Waals surface area (Å²) in [6.45, 7) is 3.19. The molecule has 3 unspecified atom stereocenters. The monoisotopic (exact) mass is 249 g/mol. The van der Waals surface area contributed by atoms with Gasteiger partial charge in [-0.1, -0.05) is 6.42 Å². The molecule has 1 aliphatic carbocycles. The van der Waals surface area contributed by atoms with Gasteiger partial charge in [-0.3, -0.25) is 4.79 Å². The average Bonchev–Trinajstić information content (AvgIpc) is 2.96. The molecule has 2 fully saturated rings. The highest BCUT2D eigenvalue weighted by Gasteiger charge is 2.39. The number of nitrogens with one attached hydrogen (secondary N) is 1. The molecule has 0 radical (unpaired) electrons. The Balaban J connectivity index is 1.65. The standard InChI is InChI=1S/C14H19NOS/c1-9-5-6-14(17-9)13(16)7-12-11-4-2-3-10(11)8-15-12/h5-6,10-12,15H,2-4,7-8H2,1H3. The van der Waals surface area contributed by atoms with E-state index in [4.69, 9.17) is 0 Å². The van der Waals surface area contributed by atoms with Gasteiger partial charge in [0.1, 0.15) is 0 Å². The summed E-state index contributed by atoms with van der Waals surface area (Å²) >= 11 is 1.63. The van der Waals surface area contributed by atoms with Crippen LogP contribution in [0, 0.1) is 18.8 Å². The van der Waals surface area contributed by atoms with E-state index in [1.54, 1.807) is 11.3 Å². The van der Waals surface area contributed by atoms with Crippen LogP contribution in [-0.2, 0) is 0 Å². The maximum absolute atomic E-state index is 12.2. The summed E-state index contributed by atoms with van der Waals surface area (Å²) in [4.78, 5) is 14.3. The van der Waals surface area contributed by atoms with Crippen LogP contribution >= 0.6 is 11.3 Å². The molecule has 1 saturated heterocycles. The number of carbonyl (C=O) groups excluding carboxylic acids is 1. The molecule has 2 heterocycles. The van der Waals surface area contributed by atoms with E-state index in [9.17, 15) is 4.79 Å². The highest BCUT2D eigenvalue weighted by atomic mass is 32.1. The lowest BCUT2D eigenvalue weighted by Gasteiger charge is -2.16. The first kappa shape index (κ1) is 11.4. The topological polar surface area (TPSA) is 29.1 Å². The van der Waals surface area contributed by atoms with Gasteiger partial charge in [-0.15, -0.1) is 11.3 Å². The Kier molecular flexibility index (Phi) is 3.05. The van der Waals surface area contributed by atoms with Gasteiger partial charge < -0.3 is 5.32 Å². The molecule has 3 rings (SSSR count). The van der Waals surface area contributed by atoms with Gasteiger partial charge in [0.25, 0.3) is 0 Å². The lowest BCUT2D eigenvalue weighted by molar-refractivity contribution is 0.0967. The van der Waals surface area contributed by atoms with Crippen molar-refractivity contribution < 1.29 is 4.79 Å². The molecule has 1 N–H and O–H groups in total. The van der Waals surface area contributed by atoms with E-state index in [0.29, 0.717) is 18.2 Å². The highest BCUT2D eigenvalue weighted by Crippen LogP contribution is 2.39. The lowest BCUT2D eigenvalue weighted by atomic mass is 9.91. The highest BCUT2D eigenvalue weighted by molar-refractivity contribution is 7.14. The van der Waals surface area contributed by atoms with Crippen LogP contribution in [0.3, 0.4) is 0 Å². The van der Waals surface area contributed by atoms with Crippen molar-refractivity contribution in [2.24, 2.45) is 11.8 Å². The van der Waals surface area contributed by atoms with Crippen LogP contribution in [0.1, 0.15) is 40.2 Å². The second kappa shape index (κ2) is 4.54. The molecule has 0 spiro atoms. The predicted molar refractivity (Wildman–Crippen MR) is 70.6 cm³/mol. The Labute approximate surface area is 106 Å². The van der Waals surface area contributed by atoms with Gasteiger partial charge in [-0.25, -0.2) is 0 Å². The first-order valence-electron chi connectivity index (χ1n) is 6.57. The normalized spacial score (nSPS) is 31.7. The Bertz CT molecular complexity index is 426. The van der Waals surface area contributed by atoms with E-state index in [0.717, 1.165) is 23.3 Å². The third-order valence-corrected chi connectivity index (χ3v) is 5.34. The SMILES string of the molecule is Cc1ccc(C(=O)CC2NCC3CCCC32)s1.